The lowest BCUT2D eigenvalue weighted by Crippen LogP contribution is -2.43. The average Bonchev–Trinajstić information content (AvgIpc) is 2.60. The molecule has 0 saturated heterocycles. The summed E-state index contributed by atoms with van der Waals surface area (Å²) in [5, 5.41) is 15.6. The summed E-state index contributed by atoms with van der Waals surface area (Å²) in [5.41, 5.74) is 7.23. The Hall–Kier alpha value is -0.910. The standard InChI is InChI=1S/C10H16N2O2S/c1-6-4-15-5-8(6)10(14)12-3-9(11)7(2)13/h4-5,7,9,13H,3,11H2,1-2H3,(H,12,14). The molecule has 1 rings (SSSR count). The van der Waals surface area contributed by atoms with Crippen LogP contribution in [0.1, 0.15) is 22.8 Å². The van der Waals surface area contributed by atoms with Gasteiger partial charge in [-0.05, 0) is 24.8 Å². The first-order valence-electron chi connectivity index (χ1n) is 4.77. The Bertz CT molecular complexity index is 336. The highest BCUT2D eigenvalue weighted by atomic mass is 32.1. The zero-order chi connectivity index (χ0) is 11.4. The smallest absolute Gasteiger partial charge is 0.252 e. The van der Waals surface area contributed by atoms with Crippen LogP contribution in [0, 0.1) is 6.92 Å². The molecule has 2 atom stereocenters. The number of rotatable bonds is 4. The molecule has 5 heteroatoms. The van der Waals surface area contributed by atoms with E-state index in [0.29, 0.717) is 5.56 Å². The van der Waals surface area contributed by atoms with Gasteiger partial charge in [0.1, 0.15) is 0 Å². The number of aliphatic hydroxyl groups is 1. The molecule has 0 aromatic carbocycles. The summed E-state index contributed by atoms with van der Waals surface area (Å²) in [6, 6.07) is -0.423. The summed E-state index contributed by atoms with van der Waals surface area (Å²) in [7, 11) is 0. The molecule has 84 valence electrons. The Labute approximate surface area is 93.1 Å². The number of hydrogen-bond donors (Lipinski definition) is 3. The average molecular weight is 228 g/mol. The van der Waals surface area contributed by atoms with E-state index in [2.05, 4.69) is 5.32 Å². The number of carbonyl (C=O) groups is 1. The van der Waals surface area contributed by atoms with E-state index in [0.717, 1.165) is 5.56 Å². The number of carbonyl (C=O) groups excluding carboxylic acids is 1. The minimum atomic E-state index is -0.617. The highest BCUT2D eigenvalue weighted by molar-refractivity contribution is 7.08. The third-order valence-electron chi connectivity index (χ3n) is 2.22. The number of amides is 1. The first-order valence-corrected chi connectivity index (χ1v) is 5.71. The molecule has 0 aliphatic carbocycles. The molecule has 0 aliphatic heterocycles. The van der Waals surface area contributed by atoms with Gasteiger partial charge in [-0.25, -0.2) is 0 Å². The van der Waals surface area contributed by atoms with Crippen LogP contribution in [-0.4, -0.2) is 29.7 Å². The Balaban J connectivity index is 2.47. The van der Waals surface area contributed by atoms with Gasteiger partial charge in [-0.1, -0.05) is 0 Å². The monoisotopic (exact) mass is 228 g/mol. The van der Waals surface area contributed by atoms with Crippen molar-refractivity contribution in [3.8, 4) is 0 Å². The fourth-order valence-electron chi connectivity index (χ4n) is 1.07. The number of thiophene rings is 1. The Kier molecular flexibility index (Phi) is 4.26. The van der Waals surface area contributed by atoms with Crippen molar-refractivity contribution in [2.45, 2.75) is 26.0 Å². The molecule has 0 bridgehead atoms. The zero-order valence-electron chi connectivity index (χ0n) is 8.86. The van der Waals surface area contributed by atoms with Crippen LogP contribution < -0.4 is 11.1 Å². The van der Waals surface area contributed by atoms with Gasteiger partial charge in [-0.3, -0.25) is 4.79 Å². The van der Waals surface area contributed by atoms with E-state index in [1.165, 1.54) is 11.3 Å². The second-order valence-electron chi connectivity index (χ2n) is 3.58. The summed E-state index contributed by atoms with van der Waals surface area (Å²) in [4.78, 5) is 11.6. The third kappa shape index (κ3) is 3.30. The molecule has 1 heterocycles. The molecule has 0 aliphatic rings. The van der Waals surface area contributed by atoms with Gasteiger partial charge in [0, 0.05) is 18.0 Å². The summed E-state index contributed by atoms with van der Waals surface area (Å²) in [6.45, 7) is 3.78. The molecular weight excluding hydrogens is 212 g/mol. The minimum absolute atomic E-state index is 0.134. The maximum absolute atomic E-state index is 11.6. The predicted molar refractivity (Wildman–Crippen MR) is 61.0 cm³/mol. The van der Waals surface area contributed by atoms with Gasteiger partial charge in [0.05, 0.1) is 11.7 Å². The molecule has 15 heavy (non-hydrogen) atoms. The Morgan fingerprint density at radius 1 is 1.67 bits per heavy atom. The van der Waals surface area contributed by atoms with Crippen LogP contribution in [-0.2, 0) is 0 Å². The van der Waals surface area contributed by atoms with Crippen LogP contribution in [0.3, 0.4) is 0 Å². The van der Waals surface area contributed by atoms with E-state index >= 15 is 0 Å². The molecule has 1 aromatic rings. The van der Waals surface area contributed by atoms with Crippen LogP contribution in [0.5, 0.6) is 0 Å². The lowest BCUT2D eigenvalue weighted by molar-refractivity contribution is 0.0937. The summed E-state index contributed by atoms with van der Waals surface area (Å²) in [6.07, 6.45) is -0.617. The number of nitrogens with one attached hydrogen (secondary N) is 1. The van der Waals surface area contributed by atoms with Crippen molar-refractivity contribution in [2.75, 3.05) is 6.54 Å². The molecule has 4 N–H and O–H groups in total. The minimum Gasteiger partial charge on any atom is -0.392 e. The molecule has 0 fully saturated rings. The normalized spacial score (nSPS) is 14.7. The molecule has 1 aromatic heterocycles. The topological polar surface area (TPSA) is 75.4 Å². The zero-order valence-corrected chi connectivity index (χ0v) is 9.67. The quantitative estimate of drug-likeness (QED) is 0.702. The lowest BCUT2D eigenvalue weighted by atomic mass is 10.2. The van der Waals surface area contributed by atoms with Crippen LogP contribution in [0.25, 0.3) is 0 Å². The fourth-order valence-corrected chi connectivity index (χ4v) is 1.90. The maximum atomic E-state index is 11.6. The number of nitrogens with two attached hydrogens (primary N) is 1. The van der Waals surface area contributed by atoms with Crippen molar-refractivity contribution in [1.82, 2.24) is 5.32 Å². The van der Waals surface area contributed by atoms with Gasteiger partial charge in [-0.15, -0.1) is 0 Å². The molecular formula is C10H16N2O2S. The van der Waals surface area contributed by atoms with Crippen molar-refractivity contribution < 1.29 is 9.90 Å². The van der Waals surface area contributed by atoms with Crippen molar-refractivity contribution in [3.05, 3.63) is 21.9 Å². The van der Waals surface area contributed by atoms with Crippen molar-refractivity contribution in [2.24, 2.45) is 5.73 Å². The predicted octanol–water partition coefficient (Wildman–Crippen LogP) is 0.494. The lowest BCUT2D eigenvalue weighted by Gasteiger charge is -2.15. The van der Waals surface area contributed by atoms with Gasteiger partial charge in [0.2, 0.25) is 0 Å². The second kappa shape index (κ2) is 5.25. The van der Waals surface area contributed by atoms with Crippen molar-refractivity contribution >= 4 is 17.2 Å². The van der Waals surface area contributed by atoms with Gasteiger partial charge in [0.25, 0.3) is 5.91 Å². The van der Waals surface area contributed by atoms with Crippen molar-refractivity contribution in [3.63, 3.8) is 0 Å². The van der Waals surface area contributed by atoms with E-state index in [1.54, 1.807) is 12.3 Å². The number of hydrogen-bond acceptors (Lipinski definition) is 4. The summed E-state index contributed by atoms with van der Waals surface area (Å²) < 4.78 is 0. The highest BCUT2D eigenvalue weighted by Crippen LogP contribution is 2.12. The third-order valence-corrected chi connectivity index (χ3v) is 3.08. The van der Waals surface area contributed by atoms with Gasteiger partial charge in [0.15, 0.2) is 0 Å². The Morgan fingerprint density at radius 2 is 2.33 bits per heavy atom. The highest BCUT2D eigenvalue weighted by Gasteiger charge is 2.13. The van der Waals surface area contributed by atoms with E-state index in [1.807, 2.05) is 12.3 Å². The number of aliphatic hydroxyl groups excluding tert-OH is 1. The molecule has 0 saturated carbocycles. The van der Waals surface area contributed by atoms with E-state index in [9.17, 15) is 4.79 Å². The van der Waals surface area contributed by atoms with Crippen LogP contribution in [0.4, 0.5) is 0 Å². The first-order chi connectivity index (χ1) is 7.02. The van der Waals surface area contributed by atoms with Gasteiger partial charge >= 0.3 is 0 Å². The van der Waals surface area contributed by atoms with Gasteiger partial charge < -0.3 is 16.2 Å². The van der Waals surface area contributed by atoms with Crippen LogP contribution in [0.15, 0.2) is 10.8 Å². The first kappa shape index (κ1) is 12.2. The SMILES string of the molecule is Cc1cscc1C(=O)NCC(N)C(C)O. The molecule has 0 radical (unpaired) electrons. The summed E-state index contributed by atoms with van der Waals surface area (Å²) >= 11 is 1.49. The van der Waals surface area contributed by atoms with E-state index in [4.69, 9.17) is 10.8 Å². The largest absolute Gasteiger partial charge is 0.392 e. The summed E-state index contributed by atoms with van der Waals surface area (Å²) in [5.74, 6) is -0.134. The number of aryl methyl sites for hydroxylation is 1. The van der Waals surface area contributed by atoms with Crippen molar-refractivity contribution in [1.29, 1.82) is 0 Å². The molecule has 2 unspecified atom stereocenters. The maximum Gasteiger partial charge on any atom is 0.252 e. The van der Waals surface area contributed by atoms with E-state index < -0.39 is 12.1 Å². The molecule has 4 nitrogen and oxygen atoms in total. The second-order valence-corrected chi connectivity index (χ2v) is 4.33. The Morgan fingerprint density at radius 3 is 2.80 bits per heavy atom. The van der Waals surface area contributed by atoms with Crippen LogP contribution in [0.2, 0.25) is 0 Å². The van der Waals surface area contributed by atoms with Crippen LogP contribution >= 0.6 is 11.3 Å². The van der Waals surface area contributed by atoms with Gasteiger partial charge in [-0.2, -0.15) is 11.3 Å². The molecule has 1 amide bonds. The fraction of sp³-hybridized carbons (Fsp3) is 0.500. The van der Waals surface area contributed by atoms with E-state index in [-0.39, 0.29) is 12.5 Å². The molecule has 0 spiro atoms.